The molecule has 1 aliphatic carbocycles. The average molecular weight is 252 g/mol. The highest BCUT2D eigenvalue weighted by Crippen LogP contribution is 2.37. The van der Waals surface area contributed by atoms with Crippen LogP contribution < -0.4 is 0 Å². The lowest BCUT2D eigenvalue weighted by Crippen LogP contribution is -2.23. The summed E-state index contributed by atoms with van der Waals surface area (Å²) in [5, 5.41) is 10.4. The second-order valence-corrected chi connectivity index (χ2v) is 6.39. The van der Waals surface area contributed by atoms with Gasteiger partial charge in [-0.1, -0.05) is 0 Å². The van der Waals surface area contributed by atoms with Crippen LogP contribution in [0.5, 0.6) is 0 Å². The normalized spacial score (nSPS) is 26.5. The quantitative estimate of drug-likeness (QED) is 0.876. The molecule has 3 rings (SSSR count). The summed E-state index contributed by atoms with van der Waals surface area (Å²) in [4.78, 5) is 2.69. The Kier molecular flexibility index (Phi) is 3.50. The summed E-state index contributed by atoms with van der Waals surface area (Å²) >= 11 is 1.83. The Morgan fingerprint density at radius 1 is 1.29 bits per heavy atom. The fourth-order valence-electron chi connectivity index (χ4n) is 2.91. The van der Waals surface area contributed by atoms with E-state index >= 15 is 0 Å². The first-order valence-corrected chi connectivity index (χ1v) is 7.53. The first-order valence-electron chi connectivity index (χ1n) is 6.72. The molecule has 0 bridgehead atoms. The van der Waals surface area contributed by atoms with Gasteiger partial charge >= 0.3 is 0 Å². The molecule has 1 saturated heterocycles. The van der Waals surface area contributed by atoms with Crippen molar-refractivity contribution in [3.8, 4) is 0 Å². The Balaban J connectivity index is 1.76. The first-order chi connectivity index (χ1) is 8.34. The van der Waals surface area contributed by atoms with Crippen molar-refractivity contribution in [3.63, 3.8) is 0 Å². The van der Waals surface area contributed by atoms with Crippen LogP contribution in [0.1, 0.15) is 47.1 Å². The van der Waals surface area contributed by atoms with Crippen LogP contribution in [0.2, 0.25) is 0 Å². The Hall–Kier alpha value is -0.380. The van der Waals surface area contributed by atoms with E-state index in [1.807, 2.05) is 11.3 Å². The molecule has 2 atom stereocenters. The standard InChI is InChI=1S/C14H20O2S/c15-14(11-5-3-7-16-9-11)13-8-10-4-1-2-6-12(10)17-13/h8,11,14-15H,1-7,9H2. The zero-order chi connectivity index (χ0) is 11.7. The molecular formula is C14H20O2S. The molecule has 1 aromatic heterocycles. The van der Waals surface area contributed by atoms with E-state index in [9.17, 15) is 5.11 Å². The monoisotopic (exact) mass is 252 g/mol. The van der Waals surface area contributed by atoms with Crippen LogP contribution in [0.25, 0.3) is 0 Å². The molecule has 2 unspecified atom stereocenters. The maximum Gasteiger partial charge on any atom is 0.0932 e. The van der Waals surface area contributed by atoms with Gasteiger partial charge in [0.05, 0.1) is 12.7 Å². The van der Waals surface area contributed by atoms with Crippen LogP contribution in [-0.4, -0.2) is 18.3 Å². The molecule has 17 heavy (non-hydrogen) atoms. The van der Waals surface area contributed by atoms with Gasteiger partial charge in [0.1, 0.15) is 0 Å². The van der Waals surface area contributed by atoms with Crippen molar-refractivity contribution < 1.29 is 9.84 Å². The SMILES string of the molecule is OC(c1cc2c(s1)CCCC2)C1CCCOC1. The number of aliphatic hydroxyl groups is 1. The van der Waals surface area contributed by atoms with Crippen LogP contribution in [0.15, 0.2) is 6.07 Å². The lowest BCUT2D eigenvalue weighted by molar-refractivity contribution is -0.00864. The largest absolute Gasteiger partial charge is 0.387 e. The Bertz CT molecular complexity index is 356. The van der Waals surface area contributed by atoms with E-state index in [2.05, 4.69) is 6.07 Å². The van der Waals surface area contributed by atoms with Crippen molar-refractivity contribution in [3.05, 3.63) is 21.4 Å². The number of ether oxygens (including phenoxy) is 1. The molecule has 1 fully saturated rings. The number of hydrogen-bond acceptors (Lipinski definition) is 3. The smallest absolute Gasteiger partial charge is 0.0932 e. The van der Waals surface area contributed by atoms with Gasteiger partial charge in [0.2, 0.25) is 0 Å². The number of aryl methyl sites for hydroxylation is 2. The molecule has 3 heteroatoms. The molecular weight excluding hydrogens is 232 g/mol. The van der Waals surface area contributed by atoms with Gasteiger partial charge in [-0.3, -0.25) is 0 Å². The van der Waals surface area contributed by atoms with Gasteiger partial charge in [-0.15, -0.1) is 11.3 Å². The van der Waals surface area contributed by atoms with E-state index in [4.69, 9.17) is 4.74 Å². The van der Waals surface area contributed by atoms with Gasteiger partial charge in [0, 0.05) is 22.3 Å². The molecule has 0 amide bonds. The van der Waals surface area contributed by atoms with Crippen molar-refractivity contribution in [1.29, 1.82) is 0 Å². The third kappa shape index (κ3) is 2.42. The zero-order valence-electron chi connectivity index (χ0n) is 10.2. The van der Waals surface area contributed by atoms with Gasteiger partial charge in [-0.25, -0.2) is 0 Å². The fourth-order valence-corrected chi connectivity index (χ4v) is 4.24. The molecule has 94 valence electrons. The van der Waals surface area contributed by atoms with Gasteiger partial charge in [-0.2, -0.15) is 0 Å². The molecule has 0 saturated carbocycles. The number of hydrogen-bond donors (Lipinski definition) is 1. The lowest BCUT2D eigenvalue weighted by Gasteiger charge is -2.25. The Morgan fingerprint density at radius 2 is 2.18 bits per heavy atom. The topological polar surface area (TPSA) is 29.5 Å². The van der Waals surface area contributed by atoms with E-state index in [1.165, 1.54) is 41.0 Å². The van der Waals surface area contributed by atoms with Crippen LogP contribution in [0, 0.1) is 5.92 Å². The summed E-state index contributed by atoms with van der Waals surface area (Å²) in [7, 11) is 0. The summed E-state index contributed by atoms with van der Waals surface area (Å²) in [6.07, 6.45) is 6.94. The summed E-state index contributed by atoms with van der Waals surface area (Å²) < 4.78 is 5.47. The minimum Gasteiger partial charge on any atom is -0.387 e. The van der Waals surface area contributed by atoms with Crippen LogP contribution >= 0.6 is 11.3 Å². The second kappa shape index (κ2) is 5.09. The van der Waals surface area contributed by atoms with Gasteiger partial charge in [0.15, 0.2) is 0 Å². The van der Waals surface area contributed by atoms with Crippen LogP contribution in [-0.2, 0) is 17.6 Å². The number of fused-ring (bicyclic) bond motifs is 1. The fraction of sp³-hybridized carbons (Fsp3) is 0.714. The van der Waals surface area contributed by atoms with E-state index in [0.29, 0.717) is 5.92 Å². The predicted molar refractivity (Wildman–Crippen MR) is 69.5 cm³/mol. The predicted octanol–water partition coefficient (Wildman–Crippen LogP) is 3.09. The molecule has 1 aliphatic heterocycles. The maximum atomic E-state index is 10.4. The minimum absolute atomic E-state index is 0.300. The average Bonchev–Trinajstić information content (AvgIpc) is 2.82. The molecule has 0 spiro atoms. The minimum atomic E-state index is -0.300. The summed E-state index contributed by atoms with van der Waals surface area (Å²) in [6.45, 7) is 1.59. The Labute approximate surface area is 107 Å². The van der Waals surface area contributed by atoms with Gasteiger partial charge in [-0.05, 0) is 50.2 Å². The number of thiophene rings is 1. The lowest BCUT2D eigenvalue weighted by atomic mass is 9.93. The molecule has 1 aromatic rings. The van der Waals surface area contributed by atoms with Crippen molar-refractivity contribution in [2.24, 2.45) is 5.92 Å². The van der Waals surface area contributed by atoms with E-state index < -0.39 is 0 Å². The number of rotatable bonds is 2. The third-order valence-corrected chi connectivity index (χ3v) is 5.26. The number of aliphatic hydroxyl groups excluding tert-OH is 1. The highest BCUT2D eigenvalue weighted by atomic mass is 32.1. The van der Waals surface area contributed by atoms with E-state index in [0.717, 1.165) is 26.1 Å². The summed E-state index contributed by atoms with van der Waals surface area (Å²) in [5.41, 5.74) is 1.49. The van der Waals surface area contributed by atoms with Crippen LogP contribution in [0.3, 0.4) is 0 Å². The highest BCUT2D eigenvalue weighted by Gasteiger charge is 2.26. The maximum absolute atomic E-state index is 10.4. The Morgan fingerprint density at radius 3 is 2.94 bits per heavy atom. The first kappa shape index (κ1) is 11.7. The van der Waals surface area contributed by atoms with E-state index in [-0.39, 0.29) is 6.10 Å². The van der Waals surface area contributed by atoms with Gasteiger partial charge in [0.25, 0.3) is 0 Å². The van der Waals surface area contributed by atoms with Crippen LogP contribution in [0.4, 0.5) is 0 Å². The van der Waals surface area contributed by atoms with Crippen molar-refractivity contribution in [1.82, 2.24) is 0 Å². The molecule has 2 nitrogen and oxygen atoms in total. The van der Waals surface area contributed by atoms with Gasteiger partial charge < -0.3 is 9.84 Å². The molecule has 0 aromatic carbocycles. The van der Waals surface area contributed by atoms with Crippen molar-refractivity contribution in [2.45, 2.75) is 44.6 Å². The molecule has 0 radical (unpaired) electrons. The summed E-state index contributed by atoms with van der Waals surface area (Å²) in [5.74, 6) is 0.309. The summed E-state index contributed by atoms with van der Waals surface area (Å²) in [6, 6.07) is 2.25. The highest BCUT2D eigenvalue weighted by molar-refractivity contribution is 7.12. The molecule has 2 aliphatic rings. The van der Waals surface area contributed by atoms with Crippen molar-refractivity contribution >= 4 is 11.3 Å². The zero-order valence-corrected chi connectivity index (χ0v) is 11.0. The molecule has 1 N–H and O–H groups in total. The van der Waals surface area contributed by atoms with E-state index in [1.54, 1.807) is 0 Å². The third-order valence-electron chi connectivity index (χ3n) is 3.95. The van der Waals surface area contributed by atoms with Crippen molar-refractivity contribution in [2.75, 3.05) is 13.2 Å². The second-order valence-electron chi connectivity index (χ2n) is 5.23. The molecule has 2 heterocycles.